The maximum atomic E-state index is 12.1. The van der Waals surface area contributed by atoms with Crippen LogP contribution in [0.15, 0.2) is 33.7 Å². The number of nitrogens with one attached hydrogen (secondary N) is 1. The number of nitrogens with two attached hydrogens (primary N) is 1. The first-order chi connectivity index (χ1) is 8.27. The van der Waals surface area contributed by atoms with E-state index in [1.54, 1.807) is 6.92 Å². The first-order valence-electron chi connectivity index (χ1n) is 5.05. The summed E-state index contributed by atoms with van der Waals surface area (Å²) < 4.78 is 32.2. The van der Waals surface area contributed by atoms with E-state index >= 15 is 0 Å². The van der Waals surface area contributed by atoms with Crippen molar-refractivity contribution in [3.63, 3.8) is 0 Å². The first kappa shape index (κ1) is 15.0. The third-order valence-electron chi connectivity index (χ3n) is 2.14. The molecule has 100 valence electrons. The van der Waals surface area contributed by atoms with Crippen molar-refractivity contribution >= 4 is 31.6 Å². The van der Waals surface area contributed by atoms with Gasteiger partial charge < -0.3 is 10.5 Å². The number of nitrogen functional groups attached to an aromatic ring is 1. The molecule has 0 radical (unpaired) electrons. The highest BCUT2D eigenvalue weighted by atomic mass is 79.9. The van der Waals surface area contributed by atoms with Crippen molar-refractivity contribution in [2.75, 3.05) is 19.4 Å². The molecule has 0 bridgehead atoms. The van der Waals surface area contributed by atoms with Crippen LogP contribution in [0.25, 0.3) is 0 Å². The minimum Gasteiger partial charge on any atom is -0.495 e. The third-order valence-corrected chi connectivity index (χ3v) is 4.25. The Morgan fingerprint density at radius 3 is 2.67 bits per heavy atom. The highest BCUT2D eigenvalue weighted by molar-refractivity contribution is 9.10. The summed E-state index contributed by atoms with van der Waals surface area (Å²) in [7, 11) is -2.28. The molecule has 0 aliphatic heterocycles. The van der Waals surface area contributed by atoms with Crippen LogP contribution in [0.4, 0.5) is 5.69 Å². The number of anilines is 1. The lowest BCUT2D eigenvalue weighted by Crippen LogP contribution is -2.25. The number of rotatable bonds is 5. The van der Waals surface area contributed by atoms with Gasteiger partial charge in [0.1, 0.15) is 10.6 Å². The fraction of sp³-hybridized carbons (Fsp3) is 0.273. The molecule has 0 spiro atoms. The zero-order valence-electron chi connectivity index (χ0n) is 10.2. The Labute approximate surface area is 115 Å². The maximum Gasteiger partial charge on any atom is 0.244 e. The quantitative estimate of drug-likeness (QED) is 0.636. The predicted octanol–water partition coefficient (Wildman–Crippen LogP) is 1.89. The van der Waals surface area contributed by atoms with Gasteiger partial charge >= 0.3 is 0 Å². The molecule has 0 amide bonds. The van der Waals surface area contributed by atoms with Gasteiger partial charge in [0.25, 0.3) is 0 Å². The summed E-state index contributed by atoms with van der Waals surface area (Å²) in [6, 6.07) is 2.87. The summed E-state index contributed by atoms with van der Waals surface area (Å²) in [6.45, 7) is 5.54. The molecule has 0 fully saturated rings. The number of halogens is 1. The molecular weight excluding hydrogens is 320 g/mol. The van der Waals surface area contributed by atoms with E-state index in [1.807, 2.05) is 0 Å². The summed E-state index contributed by atoms with van der Waals surface area (Å²) in [4.78, 5) is 0.00644. The number of benzene rings is 1. The molecule has 1 rings (SSSR count). The van der Waals surface area contributed by atoms with Crippen LogP contribution in [0.3, 0.4) is 0 Å². The lowest BCUT2D eigenvalue weighted by molar-refractivity contribution is 0.402. The van der Waals surface area contributed by atoms with Crippen molar-refractivity contribution in [3.8, 4) is 5.75 Å². The van der Waals surface area contributed by atoms with Crippen LogP contribution in [0.2, 0.25) is 0 Å². The van der Waals surface area contributed by atoms with E-state index in [1.165, 1.54) is 19.2 Å². The monoisotopic (exact) mass is 334 g/mol. The van der Waals surface area contributed by atoms with E-state index in [2.05, 4.69) is 27.2 Å². The molecular formula is C11H15BrN2O3S. The average molecular weight is 335 g/mol. The number of ether oxygens (including phenoxy) is 1. The van der Waals surface area contributed by atoms with Crippen molar-refractivity contribution in [2.45, 2.75) is 11.8 Å². The highest BCUT2D eigenvalue weighted by Crippen LogP contribution is 2.32. The number of sulfonamides is 1. The molecule has 3 N–H and O–H groups in total. The Balaban J connectivity index is 3.23. The van der Waals surface area contributed by atoms with Crippen molar-refractivity contribution in [2.24, 2.45) is 0 Å². The van der Waals surface area contributed by atoms with Gasteiger partial charge in [0.2, 0.25) is 10.0 Å². The second-order valence-electron chi connectivity index (χ2n) is 3.81. The Hall–Kier alpha value is -1.05. The van der Waals surface area contributed by atoms with Crippen molar-refractivity contribution in [1.29, 1.82) is 0 Å². The Morgan fingerprint density at radius 1 is 1.56 bits per heavy atom. The van der Waals surface area contributed by atoms with Gasteiger partial charge in [-0.25, -0.2) is 13.1 Å². The van der Waals surface area contributed by atoms with Gasteiger partial charge in [0.05, 0.1) is 7.11 Å². The summed E-state index contributed by atoms with van der Waals surface area (Å²) >= 11 is 3.22. The SMILES string of the molecule is C=C(C)CNS(=O)(=O)c1cc(N)c(Br)cc1OC. The summed E-state index contributed by atoms with van der Waals surface area (Å²) in [5.74, 6) is 0.227. The second-order valence-corrected chi connectivity index (χ2v) is 6.40. The van der Waals surface area contributed by atoms with Crippen LogP contribution in [0, 0.1) is 0 Å². The molecule has 0 aromatic heterocycles. The number of hydrogen-bond acceptors (Lipinski definition) is 4. The van der Waals surface area contributed by atoms with E-state index in [9.17, 15) is 8.42 Å². The third kappa shape index (κ3) is 3.47. The molecule has 0 aliphatic carbocycles. The van der Waals surface area contributed by atoms with Crippen LogP contribution >= 0.6 is 15.9 Å². The average Bonchev–Trinajstić information content (AvgIpc) is 2.29. The Kier molecular flexibility index (Phi) is 4.78. The van der Waals surface area contributed by atoms with E-state index in [-0.39, 0.29) is 17.2 Å². The summed E-state index contributed by atoms with van der Waals surface area (Å²) in [5, 5.41) is 0. The molecule has 0 saturated carbocycles. The van der Waals surface area contributed by atoms with Crippen LogP contribution in [-0.2, 0) is 10.0 Å². The van der Waals surface area contributed by atoms with E-state index in [4.69, 9.17) is 10.5 Å². The fourth-order valence-corrected chi connectivity index (χ4v) is 2.82. The van der Waals surface area contributed by atoms with Crippen molar-refractivity contribution in [3.05, 3.63) is 28.8 Å². The summed E-state index contributed by atoms with van der Waals surface area (Å²) in [5.41, 5.74) is 6.72. The minimum absolute atomic E-state index is 0.00644. The maximum absolute atomic E-state index is 12.1. The number of methoxy groups -OCH3 is 1. The van der Waals surface area contributed by atoms with E-state index in [0.717, 1.165) is 0 Å². The first-order valence-corrected chi connectivity index (χ1v) is 7.32. The molecule has 18 heavy (non-hydrogen) atoms. The van der Waals surface area contributed by atoms with E-state index in [0.29, 0.717) is 15.7 Å². The Morgan fingerprint density at radius 2 is 2.17 bits per heavy atom. The number of hydrogen-bond donors (Lipinski definition) is 2. The molecule has 0 heterocycles. The summed E-state index contributed by atoms with van der Waals surface area (Å²) in [6.07, 6.45) is 0. The molecule has 0 atom stereocenters. The minimum atomic E-state index is -3.67. The zero-order valence-corrected chi connectivity index (χ0v) is 12.6. The van der Waals surface area contributed by atoms with Crippen molar-refractivity contribution < 1.29 is 13.2 Å². The van der Waals surface area contributed by atoms with Gasteiger partial charge in [-0.15, -0.1) is 0 Å². The standard InChI is InChI=1S/C11H15BrN2O3S/c1-7(2)6-14-18(15,16)11-5-9(13)8(12)4-10(11)17-3/h4-5,14H,1,6,13H2,2-3H3. The lowest BCUT2D eigenvalue weighted by atomic mass is 10.3. The zero-order chi connectivity index (χ0) is 13.9. The topological polar surface area (TPSA) is 81.4 Å². The molecule has 0 unspecified atom stereocenters. The van der Waals surface area contributed by atoms with Gasteiger partial charge in [-0.3, -0.25) is 0 Å². The van der Waals surface area contributed by atoms with Gasteiger partial charge in [-0.1, -0.05) is 12.2 Å². The Bertz CT molecular complexity index is 570. The van der Waals surface area contributed by atoms with Crippen molar-refractivity contribution in [1.82, 2.24) is 4.72 Å². The van der Waals surface area contributed by atoms with Crippen LogP contribution in [-0.4, -0.2) is 22.1 Å². The fourth-order valence-electron chi connectivity index (χ4n) is 1.22. The molecule has 1 aromatic rings. The largest absolute Gasteiger partial charge is 0.495 e. The van der Waals surface area contributed by atoms with Gasteiger partial charge in [-0.05, 0) is 35.0 Å². The van der Waals surface area contributed by atoms with Gasteiger partial charge in [0, 0.05) is 16.7 Å². The normalized spacial score (nSPS) is 11.3. The molecule has 7 heteroatoms. The van der Waals surface area contributed by atoms with Gasteiger partial charge in [0.15, 0.2) is 0 Å². The molecule has 5 nitrogen and oxygen atoms in total. The van der Waals surface area contributed by atoms with Crippen LogP contribution in [0.5, 0.6) is 5.75 Å². The smallest absolute Gasteiger partial charge is 0.244 e. The van der Waals surface area contributed by atoms with Gasteiger partial charge in [-0.2, -0.15) is 0 Å². The van der Waals surface area contributed by atoms with Crippen LogP contribution in [0.1, 0.15) is 6.92 Å². The highest BCUT2D eigenvalue weighted by Gasteiger charge is 2.20. The van der Waals surface area contributed by atoms with Crippen LogP contribution < -0.4 is 15.2 Å². The second kappa shape index (κ2) is 5.73. The molecule has 0 aliphatic rings. The lowest BCUT2D eigenvalue weighted by Gasteiger charge is -2.12. The molecule has 1 aromatic carbocycles. The van der Waals surface area contributed by atoms with E-state index < -0.39 is 10.0 Å². The molecule has 0 saturated heterocycles. The predicted molar refractivity (Wildman–Crippen MR) is 75.1 cm³/mol.